The monoisotopic (exact) mass is 274 g/mol. The minimum absolute atomic E-state index is 0. The molecule has 0 heterocycles. The van der Waals surface area contributed by atoms with Gasteiger partial charge >= 0.3 is 0 Å². The molecule has 2 aromatic carbocycles. The number of benzene rings is 2. The van der Waals surface area contributed by atoms with Gasteiger partial charge in [-0.15, -0.1) is 0 Å². The van der Waals surface area contributed by atoms with Crippen LogP contribution in [0, 0.1) is 0 Å². The molecule has 0 unspecified atom stereocenters. The molecule has 0 aromatic heterocycles. The number of para-hydroxylation sites is 1. The molecular weight excluding hydrogens is 256 g/mol. The first kappa shape index (κ1) is 15.0. The van der Waals surface area contributed by atoms with Crippen LogP contribution in [0.15, 0.2) is 48.5 Å². The molecule has 0 radical (unpaired) electrons. The van der Waals surface area contributed by atoms with Crippen LogP contribution in [-0.4, -0.2) is 5.11 Å². The normalized spacial score (nSPS) is 10.8. The summed E-state index contributed by atoms with van der Waals surface area (Å²) in [6, 6.07) is 15.9. The molecule has 0 aliphatic rings. The van der Waals surface area contributed by atoms with Crippen LogP contribution in [-0.2, 0) is 27.1 Å². The molecule has 1 N–H and O–H groups in total. The zero-order valence-corrected chi connectivity index (χ0v) is 12.6. The van der Waals surface area contributed by atoms with Gasteiger partial charge < -0.3 is 5.11 Å². The van der Waals surface area contributed by atoms with Crippen molar-refractivity contribution < 1.29 is 26.8 Å². The van der Waals surface area contributed by atoms with E-state index in [0.29, 0.717) is 5.75 Å². The summed E-state index contributed by atoms with van der Waals surface area (Å²) >= 11 is 0. The minimum Gasteiger partial charge on any atom is -0.507 e. The van der Waals surface area contributed by atoms with Crippen LogP contribution in [0.4, 0.5) is 0 Å². The summed E-state index contributed by atoms with van der Waals surface area (Å²) in [6.07, 6.45) is 0. The molecule has 18 heavy (non-hydrogen) atoms. The van der Waals surface area contributed by atoms with Gasteiger partial charge in [-0.3, -0.25) is 0 Å². The maximum atomic E-state index is 10.4. The summed E-state index contributed by atoms with van der Waals surface area (Å²) in [5, 5.41) is 10.4. The Morgan fingerprint density at radius 3 is 2.00 bits per heavy atom. The Morgan fingerprint density at radius 2 is 1.44 bits per heavy atom. The molecular formula is C16H18OTi. The van der Waals surface area contributed by atoms with Gasteiger partial charge in [-0.05, 0) is 16.5 Å². The molecule has 0 aliphatic heterocycles. The van der Waals surface area contributed by atoms with E-state index in [9.17, 15) is 5.11 Å². The summed E-state index contributed by atoms with van der Waals surface area (Å²) in [7, 11) is 0. The fraction of sp³-hybridized carbons (Fsp3) is 0.250. The summed E-state index contributed by atoms with van der Waals surface area (Å²) in [6.45, 7) is 6.32. The van der Waals surface area contributed by atoms with Crippen molar-refractivity contribution in [3.05, 3.63) is 54.1 Å². The third-order valence-corrected chi connectivity index (χ3v) is 2.93. The average molecular weight is 274 g/mol. The van der Waals surface area contributed by atoms with Crippen molar-refractivity contribution in [2.24, 2.45) is 0 Å². The van der Waals surface area contributed by atoms with Gasteiger partial charge in [0.25, 0.3) is 0 Å². The SMILES string of the molecule is CC(C)(C)c1cccc(-c2ccccc2)c1O.[Ti]. The molecule has 0 fully saturated rings. The van der Waals surface area contributed by atoms with Gasteiger partial charge in [0, 0.05) is 27.3 Å². The van der Waals surface area contributed by atoms with Crippen LogP contribution in [0.1, 0.15) is 26.3 Å². The van der Waals surface area contributed by atoms with Gasteiger partial charge in [0.2, 0.25) is 0 Å². The van der Waals surface area contributed by atoms with E-state index in [1.807, 2.05) is 48.5 Å². The fourth-order valence-corrected chi connectivity index (χ4v) is 2.00. The molecule has 2 aromatic rings. The Morgan fingerprint density at radius 1 is 0.833 bits per heavy atom. The topological polar surface area (TPSA) is 20.2 Å². The van der Waals surface area contributed by atoms with E-state index in [1.54, 1.807) is 0 Å². The summed E-state index contributed by atoms with van der Waals surface area (Å²) in [4.78, 5) is 0. The maximum Gasteiger partial charge on any atom is 0.127 e. The van der Waals surface area contributed by atoms with Crippen molar-refractivity contribution in [3.63, 3.8) is 0 Å². The second-order valence-electron chi connectivity index (χ2n) is 5.32. The van der Waals surface area contributed by atoms with Crippen molar-refractivity contribution in [3.8, 4) is 16.9 Å². The zero-order chi connectivity index (χ0) is 12.5. The van der Waals surface area contributed by atoms with Crippen LogP contribution in [0.3, 0.4) is 0 Å². The molecule has 0 amide bonds. The van der Waals surface area contributed by atoms with Crippen LogP contribution >= 0.6 is 0 Å². The van der Waals surface area contributed by atoms with Gasteiger partial charge in [-0.1, -0.05) is 69.3 Å². The van der Waals surface area contributed by atoms with Gasteiger partial charge in [-0.2, -0.15) is 0 Å². The fourth-order valence-electron chi connectivity index (χ4n) is 2.00. The van der Waals surface area contributed by atoms with Crippen molar-refractivity contribution in [1.82, 2.24) is 0 Å². The number of hydrogen-bond donors (Lipinski definition) is 1. The van der Waals surface area contributed by atoms with Crippen LogP contribution in [0.5, 0.6) is 5.75 Å². The van der Waals surface area contributed by atoms with Gasteiger partial charge in [0.05, 0.1) is 0 Å². The van der Waals surface area contributed by atoms with E-state index in [4.69, 9.17) is 0 Å². The second-order valence-corrected chi connectivity index (χ2v) is 5.32. The van der Waals surface area contributed by atoms with Crippen molar-refractivity contribution in [2.45, 2.75) is 26.2 Å². The first-order valence-corrected chi connectivity index (χ1v) is 5.88. The number of phenolic OH excluding ortho intramolecular Hbond substituents is 1. The van der Waals surface area contributed by atoms with E-state index in [2.05, 4.69) is 20.8 Å². The van der Waals surface area contributed by atoms with E-state index < -0.39 is 0 Å². The van der Waals surface area contributed by atoms with E-state index in [-0.39, 0.29) is 27.1 Å². The Hall–Kier alpha value is -1.05. The smallest absolute Gasteiger partial charge is 0.127 e. The number of phenols is 1. The average Bonchev–Trinajstić information content (AvgIpc) is 2.29. The summed E-state index contributed by atoms with van der Waals surface area (Å²) in [5.74, 6) is 0.395. The Balaban J connectivity index is 0.00000162. The largest absolute Gasteiger partial charge is 0.507 e. The second kappa shape index (κ2) is 5.73. The predicted molar refractivity (Wildman–Crippen MR) is 72.2 cm³/mol. The quantitative estimate of drug-likeness (QED) is 0.766. The Kier molecular flexibility index (Phi) is 4.78. The Bertz CT molecular complexity index is 512. The van der Waals surface area contributed by atoms with E-state index >= 15 is 0 Å². The van der Waals surface area contributed by atoms with Crippen molar-refractivity contribution in [1.29, 1.82) is 0 Å². The van der Waals surface area contributed by atoms with Gasteiger partial charge in [0.15, 0.2) is 0 Å². The molecule has 1 nitrogen and oxygen atoms in total. The van der Waals surface area contributed by atoms with E-state index in [1.165, 1.54) is 0 Å². The van der Waals surface area contributed by atoms with Crippen molar-refractivity contribution >= 4 is 0 Å². The number of rotatable bonds is 1. The van der Waals surface area contributed by atoms with Gasteiger partial charge in [0.1, 0.15) is 5.75 Å². The van der Waals surface area contributed by atoms with Crippen LogP contribution in [0.25, 0.3) is 11.1 Å². The minimum atomic E-state index is -0.0468. The molecule has 0 spiro atoms. The summed E-state index contributed by atoms with van der Waals surface area (Å²) < 4.78 is 0. The molecule has 0 aliphatic carbocycles. The zero-order valence-electron chi connectivity index (χ0n) is 11.1. The molecule has 2 heteroatoms. The first-order chi connectivity index (χ1) is 8.00. The molecule has 0 saturated carbocycles. The van der Waals surface area contributed by atoms with Crippen LogP contribution in [0.2, 0.25) is 0 Å². The predicted octanol–water partition coefficient (Wildman–Crippen LogP) is 4.35. The third-order valence-electron chi connectivity index (χ3n) is 2.93. The molecule has 0 saturated heterocycles. The van der Waals surface area contributed by atoms with Gasteiger partial charge in [-0.25, -0.2) is 0 Å². The Labute approximate surface area is 124 Å². The van der Waals surface area contributed by atoms with Crippen molar-refractivity contribution in [2.75, 3.05) is 0 Å². The van der Waals surface area contributed by atoms with E-state index in [0.717, 1.165) is 16.7 Å². The third kappa shape index (κ3) is 3.04. The molecule has 0 bridgehead atoms. The standard InChI is InChI=1S/C16H18O.Ti/c1-16(2,3)14-11-7-10-13(15(14)17)12-8-5-4-6-9-12;/h4-11,17H,1-3H3;. The molecule has 0 atom stereocenters. The molecule has 2 rings (SSSR count). The first-order valence-electron chi connectivity index (χ1n) is 5.88. The maximum absolute atomic E-state index is 10.4. The number of hydrogen-bond acceptors (Lipinski definition) is 1. The molecule has 92 valence electrons. The summed E-state index contributed by atoms with van der Waals surface area (Å²) in [5.41, 5.74) is 2.89. The van der Waals surface area contributed by atoms with Crippen LogP contribution < -0.4 is 0 Å². The number of aromatic hydroxyl groups is 1.